The number of nitrogens with two attached hydrogens (primary N) is 2. The summed E-state index contributed by atoms with van der Waals surface area (Å²) >= 11 is 0. The number of primary sulfonamides is 1. The second-order valence-corrected chi connectivity index (χ2v) is 4.98. The molecule has 4 N–H and O–H groups in total. The van der Waals surface area contributed by atoms with Crippen molar-refractivity contribution in [3.63, 3.8) is 0 Å². The van der Waals surface area contributed by atoms with Gasteiger partial charge in [-0.05, 0) is 12.8 Å². The van der Waals surface area contributed by atoms with Crippen molar-refractivity contribution in [3.05, 3.63) is 12.3 Å². The quantitative estimate of drug-likeness (QED) is 0.749. The highest BCUT2D eigenvalue weighted by molar-refractivity contribution is 7.89. The van der Waals surface area contributed by atoms with Crippen LogP contribution in [0.1, 0.15) is 12.8 Å². The zero-order valence-electron chi connectivity index (χ0n) is 7.88. The van der Waals surface area contributed by atoms with E-state index < -0.39 is 10.0 Å². The monoisotopic (exact) mass is 229 g/mol. The van der Waals surface area contributed by atoms with Gasteiger partial charge in [-0.15, -0.1) is 0 Å². The Labute approximate surface area is 87.3 Å². The Hall–Kier alpha value is -1.34. The summed E-state index contributed by atoms with van der Waals surface area (Å²) in [4.78, 5) is 3.63. The zero-order valence-corrected chi connectivity index (χ0v) is 8.70. The number of hydrogen-bond acceptors (Lipinski definition) is 5. The van der Waals surface area contributed by atoms with Gasteiger partial charge in [0, 0.05) is 12.3 Å². The Morgan fingerprint density at radius 3 is 2.67 bits per heavy atom. The van der Waals surface area contributed by atoms with Crippen LogP contribution in [0.25, 0.3) is 0 Å². The van der Waals surface area contributed by atoms with Crippen molar-refractivity contribution in [2.24, 2.45) is 5.14 Å². The molecular formula is C8H11N3O3S. The maximum atomic E-state index is 11.0. The Balaban J connectivity index is 2.35. The van der Waals surface area contributed by atoms with Crippen LogP contribution in [0.15, 0.2) is 17.2 Å². The van der Waals surface area contributed by atoms with E-state index in [0.717, 1.165) is 19.0 Å². The van der Waals surface area contributed by atoms with E-state index in [1.54, 1.807) is 0 Å². The Morgan fingerprint density at radius 2 is 2.13 bits per heavy atom. The number of pyridine rings is 1. The lowest BCUT2D eigenvalue weighted by Gasteiger charge is -2.07. The van der Waals surface area contributed by atoms with E-state index in [9.17, 15) is 8.42 Å². The lowest BCUT2D eigenvalue weighted by molar-refractivity contribution is 0.303. The summed E-state index contributed by atoms with van der Waals surface area (Å²) in [5.74, 6) is 0.457. The summed E-state index contributed by atoms with van der Waals surface area (Å²) in [6.07, 6.45) is 3.16. The van der Waals surface area contributed by atoms with Crippen molar-refractivity contribution < 1.29 is 13.2 Å². The lowest BCUT2D eigenvalue weighted by Crippen LogP contribution is -2.13. The molecule has 1 aromatic heterocycles. The molecule has 2 rings (SSSR count). The van der Waals surface area contributed by atoms with Crippen LogP contribution < -0.4 is 15.6 Å². The van der Waals surface area contributed by atoms with Crippen LogP contribution in [-0.2, 0) is 10.0 Å². The van der Waals surface area contributed by atoms with Crippen LogP contribution in [0.4, 0.5) is 5.82 Å². The molecule has 0 atom stereocenters. The zero-order chi connectivity index (χ0) is 11.1. The van der Waals surface area contributed by atoms with Crippen molar-refractivity contribution >= 4 is 15.8 Å². The molecular weight excluding hydrogens is 218 g/mol. The van der Waals surface area contributed by atoms with Crippen molar-refractivity contribution in [3.8, 4) is 5.75 Å². The number of anilines is 1. The van der Waals surface area contributed by atoms with E-state index in [4.69, 9.17) is 15.6 Å². The van der Waals surface area contributed by atoms with Gasteiger partial charge in [0.2, 0.25) is 10.0 Å². The molecule has 0 amide bonds. The maximum absolute atomic E-state index is 11.0. The minimum absolute atomic E-state index is 0.0904. The predicted molar refractivity (Wildman–Crippen MR) is 53.7 cm³/mol. The van der Waals surface area contributed by atoms with Gasteiger partial charge in [-0.3, -0.25) is 0 Å². The summed E-state index contributed by atoms with van der Waals surface area (Å²) < 4.78 is 27.5. The van der Waals surface area contributed by atoms with Crippen molar-refractivity contribution in [1.29, 1.82) is 0 Å². The van der Waals surface area contributed by atoms with Gasteiger partial charge in [0.25, 0.3) is 0 Å². The fourth-order valence-electron chi connectivity index (χ4n) is 1.05. The van der Waals surface area contributed by atoms with Crippen LogP contribution in [0.2, 0.25) is 0 Å². The van der Waals surface area contributed by atoms with Crippen molar-refractivity contribution in [1.82, 2.24) is 4.98 Å². The molecule has 1 aliphatic carbocycles. The third-order valence-corrected chi connectivity index (χ3v) is 2.88. The second kappa shape index (κ2) is 3.35. The fraction of sp³-hybridized carbons (Fsp3) is 0.375. The molecule has 1 saturated carbocycles. The standard InChI is InChI=1S/C8H11N3O3S/c9-8-7(14-5-1-2-5)3-6(4-11-8)15(10,12)13/h3-5H,1-2H2,(H2,9,11)(H2,10,12,13). The van der Waals surface area contributed by atoms with Crippen LogP contribution in [0.3, 0.4) is 0 Å². The molecule has 6 nitrogen and oxygen atoms in total. The second-order valence-electron chi connectivity index (χ2n) is 3.42. The first kappa shape index (κ1) is 10.2. The SMILES string of the molecule is Nc1ncc(S(N)(=O)=O)cc1OC1CC1. The highest BCUT2D eigenvalue weighted by Crippen LogP contribution is 2.30. The molecule has 15 heavy (non-hydrogen) atoms. The average Bonchev–Trinajstić information content (AvgIpc) is 2.90. The van der Waals surface area contributed by atoms with E-state index in [0.29, 0.717) is 0 Å². The Kier molecular flexibility index (Phi) is 2.28. The molecule has 1 fully saturated rings. The summed E-state index contributed by atoms with van der Waals surface area (Å²) in [5.41, 5.74) is 5.54. The predicted octanol–water partition coefficient (Wildman–Crippen LogP) is -0.148. The molecule has 1 aliphatic rings. The first-order chi connectivity index (χ1) is 6.97. The normalized spacial score (nSPS) is 16.3. The highest BCUT2D eigenvalue weighted by Gasteiger charge is 2.25. The van der Waals surface area contributed by atoms with Gasteiger partial charge >= 0.3 is 0 Å². The molecule has 1 aromatic rings. The number of sulfonamides is 1. The molecule has 1 heterocycles. The Bertz CT molecular complexity index is 482. The van der Waals surface area contributed by atoms with E-state index in [1.807, 2.05) is 0 Å². The number of nitrogens with zero attached hydrogens (tertiary/aromatic N) is 1. The van der Waals surface area contributed by atoms with Gasteiger partial charge in [0.15, 0.2) is 11.6 Å². The van der Waals surface area contributed by atoms with Crippen LogP contribution in [0.5, 0.6) is 5.75 Å². The molecule has 0 spiro atoms. The first-order valence-corrected chi connectivity index (χ1v) is 5.96. The van der Waals surface area contributed by atoms with Crippen LogP contribution in [0, 0.1) is 0 Å². The van der Waals surface area contributed by atoms with Crippen LogP contribution in [-0.4, -0.2) is 19.5 Å². The van der Waals surface area contributed by atoms with E-state index in [-0.39, 0.29) is 22.6 Å². The average molecular weight is 229 g/mol. The number of nitrogen functional groups attached to an aromatic ring is 1. The number of ether oxygens (including phenoxy) is 1. The third kappa shape index (κ3) is 2.37. The molecule has 0 saturated heterocycles. The maximum Gasteiger partial charge on any atom is 0.239 e. The number of aromatic nitrogens is 1. The van der Waals surface area contributed by atoms with Gasteiger partial charge in [0.1, 0.15) is 4.90 Å². The smallest absolute Gasteiger partial charge is 0.239 e. The lowest BCUT2D eigenvalue weighted by atomic mass is 10.4. The molecule has 0 radical (unpaired) electrons. The number of rotatable bonds is 3. The minimum Gasteiger partial charge on any atom is -0.487 e. The highest BCUT2D eigenvalue weighted by atomic mass is 32.2. The van der Waals surface area contributed by atoms with E-state index in [1.165, 1.54) is 6.07 Å². The molecule has 7 heteroatoms. The Morgan fingerprint density at radius 1 is 1.47 bits per heavy atom. The summed E-state index contributed by atoms with van der Waals surface area (Å²) in [7, 11) is -3.76. The van der Waals surface area contributed by atoms with Crippen molar-refractivity contribution in [2.45, 2.75) is 23.8 Å². The molecule has 0 aromatic carbocycles. The van der Waals surface area contributed by atoms with Gasteiger partial charge in [0.05, 0.1) is 6.10 Å². The summed E-state index contributed by atoms with van der Waals surface area (Å²) in [6.45, 7) is 0. The van der Waals surface area contributed by atoms with E-state index in [2.05, 4.69) is 4.98 Å². The fourth-order valence-corrected chi connectivity index (χ4v) is 1.52. The third-order valence-electron chi connectivity index (χ3n) is 2.00. The van der Waals surface area contributed by atoms with Gasteiger partial charge in [-0.1, -0.05) is 0 Å². The largest absolute Gasteiger partial charge is 0.487 e. The van der Waals surface area contributed by atoms with Gasteiger partial charge in [-0.2, -0.15) is 0 Å². The van der Waals surface area contributed by atoms with E-state index >= 15 is 0 Å². The molecule has 0 aliphatic heterocycles. The minimum atomic E-state index is -3.76. The topological polar surface area (TPSA) is 108 Å². The number of hydrogen-bond donors (Lipinski definition) is 2. The summed E-state index contributed by atoms with van der Waals surface area (Å²) in [5, 5.41) is 4.96. The van der Waals surface area contributed by atoms with Gasteiger partial charge < -0.3 is 10.5 Å². The molecule has 0 bridgehead atoms. The van der Waals surface area contributed by atoms with Crippen molar-refractivity contribution in [2.75, 3.05) is 5.73 Å². The first-order valence-electron chi connectivity index (χ1n) is 4.42. The van der Waals surface area contributed by atoms with Crippen LogP contribution >= 0.6 is 0 Å². The molecule has 82 valence electrons. The summed E-state index contributed by atoms with van der Waals surface area (Å²) in [6, 6.07) is 1.30. The van der Waals surface area contributed by atoms with Gasteiger partial charge in [-0.25, -0.2) is 18.5 Å². The molecule has 0 unspecified atom stereocenters.